The van der Waals surface area contributed by atoms with Crippen molar-refractivity contribution in [1.29, 1.82) is 0 Å². The molecular formula is C16H16BrNO2S. The predicted molar refractivity (Wildman–Crippen MR) is 89.2 cm³/mol. The minimum Gasteiger partial charge on any atom is -0.493 e. The molecule has 1 aliphatic heterocycles. The topological polar surface area (TPSA) is 52.3 Å². The lowest BCUT2D eigenvalue weighted by atomic mass is 10.1. The molecule has 5 heteroatoms. The SMILES string of the molecule is Nc1ccc(Br)cc1S(=O)CCc1ccc2c(c1)CCO2. The van der Waals surface area contributed by atoms with E-state index >= 15 is 0 Å². The Morgan fingerprint density at radius 1 is 1.24 bits per heavy atom. The first-order valence-corrected chi connectivity index (χ1v) is 8.93. The molecule has 110 valence electrons. The number of rotatable bonds is 4. The van der Waals surface area contributed by atoms with E-state index in [2.05, 4.69) is 22.0 Å². The van der Waals surface area contributed by atoms with Gasteiger partial charge in [0.25, 0.3) is 0 Å². The fourth-order valence-electron chi connectivity index (χ4n) is 2.42. The number of halogens is 1. The minimum absolute atomic E-state index is 0.570. The molecular weight excluding hydrogens is 350 g/mol. The third-order valence-corrected chi connectivity index (χ3v) is 5.46. The summed E-state index contributed by atoms with van der Waals surface area (Å²) in [6.07, 6.45) is 1.73. The quantitative estimate of drug-likeness (QED) is 0.845. The van der Waals surface area contributed by atoms with Gasteiger partial charge in [-0.05, 0) is 41.8 Å². The minimum atomic E-state index is -1.09. The van der Waals surface area contributed by atoms with E-state index in [0.29, 0.717) is 16.3 Å². The molecule has 1 unspecified atom stereocenters. The lowest BCUT2D eigenvalue weighted by molar-refractivity contribution is 0.357. The Hall–Kier alpha value is -1.33. The van der Waals surface area contributed by atoms with Crippen molar-refractivity contribution in [2.24, 2.45) is 0 Å². The monoisotopic (exact) mass is 365 g/mol. The van der Waals surface area contributed by atoms with E-state index in [0.717, 1.165) is 29.7 Å². The summed E-state index contributed by atoms with van der Waals surface area (Å²) in [6, 6.07) is 11.7. The van der Waals surface area contributed by atoms with Crippen LogP contribution in [0, 0.1) is 0 Å². The molecule has 0 amide bonds. The second-order valence-corrected chi connectivity index (χ2v) is 7.48. The number of fused-ring (bicyclic) bond motifs is 1. The molecule has 0 saturated heterocycles. The zero-order valence-corrected chi connectivity index (χ0v) is 13.9. The van der Waals surface area contributed by atoms with Crippen molar-refractivity contribution in [3.05, 3.63) is 52.0 Å². The molecule has 0 spiro atoms. The summed E-state index contributed by atoms with van der Waals surface area (Å²) in [6.45, 7) is 0.763. The maximum absolute atomic E-state index is 12.4. The van der Waals surface area contributed by atoms with Gasteiger partial charge in [-0.15, -0.1) is 0 Å². The number of nitrogens with two attached hydrogens (primary N) is 1. The van der Waals surface area contributed by atoms with Crippen molar-refractivity contribution in [2.45, 2.75) is 17.7 Å². The van der Waals surface area contributed by atoms with E-state index in [1.807, 2.05) is 24.3 Å². The number of hydrogen-bond donors (Lipinski definition) is 1. The first-order chi connectivity index (χ1) is 10.1. The van der Waals surface area contributed by atoms with Gasteiger partial charge in [-0.1, -0.05) is 28.1 Å². The van der Waals surface area contributed by atoms with Crippen LogP contribution in [-0.4, -0.2) is 16.6 Å². The fourth-order valence-corrected chi connectivity index (χ4v) is 4.16. The third kappa shape index (κ3) is 3.30. The molecule has 0 saturated carbocycles. The molecule has 1 heterocycles. The smallest absolute Gasteiger partial charge is 0.122 e. The van der Waals surface area contributed by atoms with Crippen LogP contribution in [0.3, 0.4) is 0 Å². The summed E-state index contributed by atoms with van der Waals surface area (Å²) in [4.78, 5) is 0.703. The Morgan fingerprint density at radius 3 is 2.95 bits per heavy atom. The highest BCUT2D eigenvalue weighted by atomic mass is 79.9. The van der Waals surface area contributed by atoms with Crippen molar-refractivity contribution in [2.75, 3.05) is 18.1 Å². The zero-order valence-electron chi connectivity index (χ0n) is 11.5. The van der Waals surface area contributed by atoms with Crippen LogP contribution < -0.4 is 10.5 Å². The van der Waals surface area contributed by atoms with E-state index in [1.165, 1.54) is 11.1 Å². The molecule has 0 aromatic heterocycles. The van der Waals surface area contributed by atoms with Gasteiger partial charge in [0.2, 0.25) is 0 Å². The van der Waals surface area contributed by atoms with Gasteiger partial charge in [-0.25, -0.2) is 0 Å². The highest BCUT2D eigenvalue weighted by Gasteiger charge is 2.13. The van der Waals surface area contributed by atoms with Crippen molar-refractivity contribution >= 4 is 32.4 Å². The summed E-state index contributed by atoms with van der Waals surface area (Å²) in [5.74, 6) is 1.55. The van der Waals surface area contributed by atoms with Gasteiger partial charge in [0.15, 0.2) is 0 Å². The van der Waals surface area contributed by atoms with Crippen LogP contribution in [0.15, 0.2) is 45.8 Å². The Bertz CT molecular complexity index is 703. The van der Waals surface area contributed by atoms with Crippen LogP contribution in [-0.2, 0) is 23.6 Å². The van der Waals surface area contributed by atoms with Gasteiger partial charge in [0.1, 0.15) is 5.75 Å². The molecule has 3 rings (SSSR count). The van der Waals surface area contributed by atoms with E-state index in [1.54, 1.807) is 6.07 Å². The van der Waals surface area contributed by atoms with Crippen LogP contribution in [0.25, 0.3) is 0 Å². The molecule has 2 aromatic rings. The van der Waals surface area contributed by atoms with Crippen molar-refractivity contribution in [3.8, 4) is 5.75 Å². The maximum atomic E-state index is 12.4. The first-order valence-electron chi connectivity index (χ1n) is 6.81. The largest absolute Gasteiger partial charge is 0.493 e. The number of hydrogen-bond acceptors (Lipinski definition) is 3. The molecule has 2 aromatic carbocycles. The number of nitrogen functional groups attached to an aromatic ring is 1. The Labute approximate surface area is 135 Å². The normalized spacial score (nSPS) is 14.5. The van der Waals surface area contributed by atoms with Gasteiger partial charge >= 0.3 is 0 Å². The predicted octanol–water partition coefficient (Wildman–Crippen LogP) is 3.32. The first kappa shape index (κ1) is 14.6. The highest BCUT2D eigenvalue weighted by Crippen LogP contribution is 2.27. The summed E-state index contributed by atoms with van der Waals surface area (Å²) in [5.41, 5.74) is 8.93. The van der Waals surface area contributed by atoms with E-state index in [4.69, 9.17) is 10.5 Å². The lowest BCUT2D eigenvalue weighted by Crippen LogP contribution is -2.05. The van der Waals surface area contributed by atoms with Crippen molar-refractivity contribution in [1.82, 2.24) is 0 Å². The van der Waals surface area contributed by atoms with Crippen LogP contribution in [0.4, 0.5) is 5.69 Å². The maximum Gasteiger partial charge on any atom is 0.122 e. The van der Waals surface area contributed by atoms with Gasteiger partial charge < -0.3 is 10.5 Å². The highest BCUT2D eigenvalue weighted by molar-refractivity contribution is 9.10. The Morgan fingerprint density at radius 2 is 2.10 bits per heavy atom. The Balaban J connectivity index is 1.70. The van der Waals surface area contributed by atoms with Crippen LogP contribution in [0.2, 0.25) is 0 Å². The van der Waals surface area contributed by atoms with Gasteiger partial charge in [0.05, 0.1) is 22.3 Å². The van der Waals surface area contributed by atoms with Crippen LogP contribution >= 0.6 is 15.9 Å². The molecule has 1 atom stereocenters. The standard InChI is InChI=1S/C16H16BrNO2S/c17-13-2-3-14(18)16(10-13)21(19)8-6-11-1-4-15-12(9-11)5-7-20-15/h1-4,9-10H,5-8,18H2. The molecule has 1 aliphatic rings. The molecule has 0 radical (unpaired) electrons. The Kier molecular flexibility index (Phi) is 4.31. The number of benzene rings is 2. The van der Waals surface area contributed by atoms with Gasteiger partial charge in [-0.3, -0.25) is 4.21 Å². The van der Waals surface area contributed by atoms with Gasteiger partial charge in [0, 0.05) is 22.3 Å². The molecule has 0 bridgehead atoms. The summed E-state index contributed by atoms with van der Waals surface area (Å²) < 4.78 is 18.8. The lowest BCUT2D eigenvalue weighted by Gasteiger charge is -2.07. The molecule has 2 N–H and O–H groups in total. The average Bonchev–Trinajstić information content (AvgIpc) is 2.94. The average molecular weight is 366 g/mol. The number of ether oxygens (including phenoxy) is 1. The van der Waals surface area contributed by atoms with E-state index < -0.39 is 10.8 Å². The number of aryl methyl sites for hydroxylation is 1. The fraction of sp³-hybridized carbons (Fsp3) is 0.250. The van der Waals surface area contributed by atoms with Crippen LogP contribution in [0.1, 0.15) is 11.1 Å². The molecule has 0 fully saturated rings. The zero-order chi connectivity index (χ0) is 14.8. The second kappa shape index (κ2) is 6.20. The molecule has 3 nitrogen and oxygen atoms in total. The van der Waals surface area contributed by atoms with E-state index in [-0.39, 0.29) is 0 Å². The summed E-state index contributed by atoms with van der Waals surface area (Å²) >= 11 is 3.39. The molecule has 21 heavy (non-hydrogen) atoms. The van der Waals surface area contributed by atoms with Crippen molar-refractivity contribution in [3.63, 3.8) is 0 Å². The molecule has 0 aliphatic carbocycles. The second-order valence-electron chi connectivity index (χ2n) is 5.02. The van der Waals surface area contributed by atoms with E-state index in [9.17, 15) is 4.21 Å². The number of anilines is 1. The third-order valence-electron chi connectivity index (χ3n) is 3.55. The summed E-state index contributed by atoms with van der Waals surface area (Å²) in [7, 11) is -1.09. The van der Waals surface area contributed by atoms with Crippen LogP contribution in [0.5, 0.6) is 5.75 Å². The summed E-state index contributed by atoms with van der Waals surface area (Å²) in [5, 5.41) is 0. The van der Waals surface area contributed by atoms with Crippen molar-refractivity contribution < 1.29 is 8.95 Å². The van der Waals surface area contributed by atoms with Gasteiger partial charge in [-0.2, -0.15) is 0 Å².